The predicted molar refractivity (Wildman–Crippen MR) is 82.6 cm³/mol. The predicted octanol–water partition coefficient (Wildman–Crippen LogP) is 3.80. The van der Waals surface area contributed by atoms with Crippen molar-refractivity contribution < 1.29 is 4.52 Å². The summed E-state index contributed by atoms with van der Waals surface area (Å²) in [5.41, 5.74) is 8.27. The van der Waals surface area contributed by atoms with Crippen molar-refractivity contribution in [2.45, 2.75) is 51.5 Å². The van der Waals surface area contributed by atoms with Crippen molar-refractivity contribution >= 4 is 0 Å². The van der Waals surface area contributed by atoms with Gasteiger partial charge in [0.15, 0.2) is 0 Å². The second-order valence-corrected chi connectivity index (χ2v) is 6.30. The first kappa shape index (κ1) is 14.3. The fraction of sp³-hybridized carbons (Fsp3) is 0.529. The fourth-order valence-electron chi connectivity index (χ4n) is 3.06. The lowest BCUT2D eigenvalue weighted by Gasteiger charge is -2.33. The maximum atomic E-state index is 6.52. The average molecular weight is 285 g/mol. The zero-order valence-electron chi connectivity index (χ0n) is 12.8. The fourth-order valence-corrected chi connectivity index (χ4v) is 3.06. The summed E-state index contributed by atoms with van der Waals surface area (Å²) >= 11 is 0. The summed E-state index contributed by atoms with van der Waals surface area (Å²) in [5.74, 6) is 2.02. The van der Waals surface area contributed by atoms with Gasteiger partial charge in [-0.05, 0) is 38.5 Å². The van der Waals surface area contributed by atoms with E-state index in [1.807, 2.05) is 12.1 Å². The van der Waals surface area contributed by atoms with Gasteiger partial charge in [0.05, 0.1) is 5.54 Å². The Balaban J connectivity index is 1.80. The molecule has 3 rings (SSSR count). The van der Waals surface area contributed by atoms with Crippen LogP contribution in [0.4, 0.5) is 0 Å². The number of hydrogen-bond donors (Lipinski definition) is 1. The zero-order valence-corrected chi connectivity index (χ0v) is 12.8. The first-order valence-corrected chi connectivity index (χ1v) is 7.81. The zero-order chi connectivity index (χ0) is 14.9. The molecule has 0 saturated heterocycles. The Bertz CT molecular complexity index is 595. The van der Waals surface area contributed by atoms with Crippen LogP contribution in [0, 0.1) is 12.8 Å². The number of aromatic nitrogens is 2. The molecule has 21 heavy (non-hydrogen) atoms. The number of hydrogen-bond acceptors (Lipinski definition) is 4. The minimum atomic E-state index is -0.443. The Morgan fingerprint density at radius 1 is 1.24 bits per heavy atom. The van der Waals surface area contributed by atoms with Gasteiger partial charge in [0.25, 0.3) is 0 Å². The third-order valence-electron chi connectivity index (χ3n) is 4.74. The van der Waals surface area contributed by atoms with Crippen molar-refractivity contribution in [2.75, 3.05) is 0 Å². The molecule has 0 bridgehead atoms. The summed E-state index contributed by atoms with van der Waals surface area (Å²) in [5, 5.41) is 4.11. The molecule has 0 amide bonds. The molecule has 1 aromatic heterocycles. The van der Waals surface area contributed by atoms with E-state index in [1.54, 1.807) is 0 Å². The van der Waals surface area contributed by atoms with E-state index in [9.17, 15) is 0 Å². The topological polar surface area (TPSA) is 64.9 Å². The first-order valence-electron chi connectivity index (χ1n) is 7.81. The van der Waals surface area contributed by atoms with E-state index >= 15 is 0 Å². The Morgan fingerprint density at radius 2 is 1.90 bits per heavy atom. The number of benzene rings is 1. The molecular weight excluding hydrogens is 262 g/mol. The van der Waals surface area contributed by atoms with E-state index in [4.69, 9.17) is 10.3 Å². The summed E-state index contributed by atoms with van der Waals surface area (Å²) in [6, 6.07) is 8.13. The summed E-state index contributed by atoms with van der Waals surface area (Å²) in [4.78, 5) is 4.55. The molecule has 1 aromatic carbocycles. The van der Waals surface area contributed by atoms with Gasteiger partial charge in [-0.25, -0.2) is 0 Å². The highest BCUT2D eigenvalue weighted by Crippen LogP contribution is 2.38. The maximum Gasteiger partial charge on any atom is 0.247 e. The molecule has 4 nitrogen and oxygen atoms in total. The van der Waals surface area contributed by atoms with Gasteiger partial charge < -0.3 is 10.3 Å². The van der Waals surface area contributed by atoms with Crippen molar-refractivity contribution in [3.63, 3.8) is 0 Å². The lowest BCUT2D eigenvalue weighted by molar-refractivity contribution is 0.181. The summed E-state index contributed by atoms with van der Waals surface area (Å²) < 4.78 is 5.47. The Hall–Kier alpha value is -1.68. The Morgan fingerprint density at radius 3 is 2.52 bits per heavy atom. The van der Waals surface area contributed by atoms with Gasteiger partial charge in [-0.15, -0.1) is 0 Å². The van der Waals surface area contributed by atoms with Crippen LogP contribution in [-0.4, -0.2) is 10.1 Å². The van der Waals surface area contributed by atoms with Crippen LogP contribution < -0.4 is 5.73 Å². The molecule has 1 aliphatic rings. The Kier molecular flexibility index (Phi) is 3.81. The molecule has 2 N–H and O–H groups in total. The standard InChI is InChI=1S/C17H23N3O/c1-3-13-8-10-17(18,11-9-13)16-19-15(20-21-16)14-6-4-12(2)5-7-14/h4-7,13H,3,8-11,18H2,1-2H3. The monoisotopic (exact) mass is 285 g/mol. The number of nitrogens with two attached hydrogens (primary N) is 1. The molecule has 1 fully saturated rings. The quantitative estimate of drug-likeness (QED) is 0.931. The van der Waals surface area contributed by atoms with Crippen LogP contribution in [0.15, 0.2) is 28.8 Å². The van der Waals surface area contributed by atoms with Crippen LogP contribution in [0.5, 0.6) is 0 Å². The first-order chi connectivity index (χ1) is 10.1. The van der Waals surface area contributed by atoms with Crippen LogP contribution in [0.2, 0.25) is 0 Å². The third kappa shape index (κ3) is 2.86. The maximum absolute atomic E-state index is 6.52. The average Bonchev–Trinajstić information content (AvgIpc) is 2.99. The highest BCUT2D eigenvalue weighted by molar-refractivity contribution is 5.54. The molecule has 0 unspecified atom stereocenters. The largest absolute Gasteiger partial charge is 0.337 e. The van der Waals surface area contributed by atoms with Gasteiger partial charge in [-0.3, -0.25) is 0 Å². The van der Waals surface area contributed by atoms with Crippen LogP contribution >= 0.6 is 0 Å². The Labute approximate surface area is 125 Å². The van der Waals surface area contributed by atoms with Crippen LogP contribution in [0.25, 0.3) is 11.4 Å². The molecule has 2 aromatic rings. The molecule has 1 saturated carbocycles. The molecule has 0 radical (unpaired) electrons. The molecule has 4 heteroatoms. The van der Waals surface area contributed by atoms with Crippen LogP contribution in [-0.2, 0) is 5.54 Å². The van der Waals surface area contributed by atoms with Gasteiger partial charge in [0, 0.05) is 5.56 Å². The van der Waals surface area contributed by atoms with Crippen LogP contribution in [0.1, 0.15) is 50.5 Å². The van der Waals surface area contributed by atoms with Gasteiger partial charge >= 0.3 is 0 Å². The van der Waals surface area contributed by atoms with E-state index < -0.39 is 5.54 Å². The van der Waals surface area contributed by atoms with E-state index in [0.29, 0.717) is 11.7 Å². The van der Waals surface area contributed by atoms with Gasteiger partial charge in [-0.2, -0.15) is 4.98 Å². The van der Waals surface area contributed by atoms with E-state index in [0.717, 1.165) is 37.2 Å². The van der Waals surface area contributed by atoms with Crippen molar-refractivity contribution in [3.05, 3.63) is 35.7 Å². The van der Waals surface area contributed by atoms with Crippen molar-refractivity contribution in [2.24, 2.45) is 11.7 Å². The SMILES string of the molecule is CCC1CCC(N)(c2nc(-c3ccc(C)cc3)no2)CC1. The molecular formula is C17H23N3O. The smallest absolute Gasteiger partial charge is 0.247 e. The molecule has 0 atom stereocenters. The lowest BCUT2D eigenvalue weighted by atomic mass is 9.76. The molecule has 1 aliphatic carbocycles. The van der Waals surface area contributed by atoms with E-state index in [-0.39, 0.29) is 0 Å². The molecule has 0 spiro atoms. The highest BCUT2D eigenvalue weighted by Gasteiger charge is 2.37. The summed E-state index contributed by atoms with van der Waals surface area (Å²) in [7, 11) is 0. The van der Waals surface area contributed by atoms with Gasteiger partial charge in [-0.1, -0.05) is 48.3 Å². The van der Waals surface area contributed by atoms with E-state index in [2.05, 4.69) is 36.1 Å². The second-order valence-electron chi connectivity index (χ2n) is 6.30. The van der Waals surface area contributed by atoms with Crippen LogP contribution in [0.3, 0.4) is 0 Å². The highest BCUT2D eigenvalue weighted by atomic mass is 16.5. The molecule has 112 valence electrons. The summed E-state index contributed by atoms with van der Waals surface area (Å²) in [6.07, 6.45) is 5.39. The van der Waals surface area contributed by atoms with Crippen molar-refractivity contribution in [1.29, 1.82) is 0 Å². The van der Waals surface area contributed by atoms with Gasteiger partial charge in [0.1, 0.15) is 0 Å². The summed E-state index contributed by atoms with van der Waals surface area (Å²) in [6.45, 7) is 4.31. The number of aryl methyl sites for hydroxylation is 1. The minimum Gasteiger partial charge on any atom is -0.337 e. The molecule has 1 heterocycles. The normalized spacial score (nSPS) is 26.0. The second kappa shape index (κ2) is 5.60. The number of nitrogens with zero attached hydrogens (tertiary/aromatic N) is 2. The van der Waals surface area contributed by atoms with Crippen molar-refractivity contribution in [1.82, 2.24) is 10.1 Å². The van der Waals surface area contributed by atoms with Crippen molar-refractivity contribution in [3.8, 4) is 11.4 Å². The van der Waals surface area contributed by atoms with Gasteiger partial charge in [0.2, 0.25) is 11.7 Å². The minimum absolute atomic E-state index is 0.443. The third-order valence-corrected chi connectivity index (χ3v) is 4.74. The van der Waals surface area contributed by atoms with E-state index in [1.165, 1.54) is 12.0 Å². The lowest BCUT2D eigenvalue weighted by Crippen LogP contribution is -2.40. The molecule has 0 aliphatic heterocycles. The number of rotatable bonds is 3.